The van der Waals surface area contributed by atoms with E-state index in [4.69, 9.17) is 16.3 Å². The highest BCUT2D eigenvalue weighted by molar-refractivity contribution is 7.15. The van der Waals surface area contributed by atoms with E-state index < -0.39 is 0 Å². The second-order valence-corrected chi connectivity index (χ2v) is 7.45. The number of carbonyl (C=O) groups excluding carboxylic acids is 1. The summed E-state index contributed by atoms with van der Waals surface area (Å²) in [6.07, 6.45) is 7.35. The molecule has 0 unspecified atom stereocenters. The lowest BCUT2D eigenvalue weighted by molar-refractivity contribution is -0.127. The number of hydrogen-bond acceptors (Lipinski definition) is 4. The van der Waals surface area contributed by atoms with Crippen molar-refractivity contribution in [2.24, 2.45) is 0 Å². The Morgan fingerprint density at radius 1 is 1.42 bits per heavy atom. The van der Waals surface area contributed by atoms with Crippen LogP contribution in [0, 0.1) is 0 Å². The van der Waals surface area contributed by atoms with Crippen molar-refractivity contribution in [1.29, 1.82) is 0 Å². The fourth-order valence-corrected chi connectivity index (χ4v) is 3.88. The van der Waals surface area contributed by atoms with Gasteiger partial charge in [-0.3, -0.25) is 9.20 Å². The second-order valence-electron chi connectivity index (χ2n) is 6.22. The molecule has 134 valence electrons. The molecule has 5 nitrogen and oxygen atoms in total. The summed E-state index contributed by atoms with van der Waals surface area (Å²) in [6.45, 7) is 0.589. The highest BCUT2D eigenvalue weighted by Crippen LogP contribution is 2.29. The van der Waals surface area contributed by atoms with Gasteiger partial charge in [-0.05, 0) is 36.6 Å². The molecule has 1 aliphatic carbocycles. The van der Waals surface area contributed by atoms with Crippen LogP contribution < -0.4 is 4.74 Å². The van der Waals surface area contributed by atoms with Crippen LogP contribution in [0.15, 0.2) is 41.9 Å². The molecule has 7 heteroatoms. The fourth-order valence-electron chi connectivity index (χ4n) is 2.87. The van der Waals surface area contributed by atoms with E-state index in [1.807, 2.05) is 45.1 Å². The highest BCUT2D eigenvalue weighted by Gasteiger charge is 2.31. The van der Waals surface area contributed by atoms with E-state index in [0.717, 1.165) is 34.8 Å². The molecule has 0 spiro atoms. The van der Waals surface area contributed by atoms with Crippen molar-refractivity contribution >= 4 is 39.9 Å². The summed E-state index contributed by atoms with van der Waals surface area (Å²) in [5.74, 6) is 0.803. The number of thiazole rings is 1. The topological polar surface area (TPSA) is 46.8 Å². The first-order valence-corrected chi connectivity index (χ1v) is 9.64. The Morgan fingerprint density at radius 2 is 2.19 bits per heavy atom. The normalized spacial score (nSPS) is 14.2. The van der Waals surface area contributed by atoms with E-state index in [2.05, 4.69) is 4.98 Å². The molecular weight excluding hydrogens is 370 g/mol. The van der Waals surface area contributed by atoms with Gasteiger partial charge >= 0.3 is 0 Å². The van der Waals surface area contributed by atoms with Crippen LogP contribution >= 0.6 is 22.9 Å². The van der Waals surface area contributed by atoms with Crippen molar-refractivity contribution < 1.29 is 9.53 Å². The van der Waals surface area contributed by atoms with E-state index in [1.54, 1.807) is 19.3 Å². The summed E-state index contributed by atoms with van der Waals surface area (Å²) in [5.41, 5.74) is 1.82. The number of carbonyl (C=O) groups is 1. The molecule has 1 saturated carbocycles. The third-order valence-electron chi connectivity index (χ3n) is 4.42. The van der Waals surface area contributed by atoms with E-state index in [0.29, 0.717) is 17.7 Å². The van der Waals surface area contributed by atoms with Gasteiger partial charge in [-0.25, -0.2) is 4.98 Å². The molecule has 1 aliphatic rings. The number of amides is 1. The monoisotopic (exact) mass is 387 g/mol. The number of hydrogen-bond donors (Lipinski definition) is 0. The number of halogens is 1. The van der Waals surface area contributed by atoms with Crippen LogP contribution in [0.1, 0.15) is 24.1 Å². The van der Waals surface area contributed by atoms with Gasteiger partial charge in [0.25, 0.3) is 0 Å². The van der Waals surface area contributed by atoms with Crippen molar-refractivity contribution in [2.45, 2.75) is 25.4 Å². The van der Waals surface area contributed by atoms with Gasteiger partial charge in [-0.1, -0.05) is 23.7 Å². The number of benzene rings is 1. The summed E-state index contributed by atoms with van der Waals surface area (Å²) in [4.78, 5) is 19.8. The molecule has 0 saturated heterocycles. The van der Waals surface area contributed by atoms with Crippen molar-refractivity contribution in [3.05, 3.63) is 58.3 Å². The predicted octanol–water partition coefficient (Wildman–Crippen LogP) is 4.26. The third-order valence-corrected chi connectivity index (χ3v) is 5.46. The smallest absolute Gasteiger partial charge is 0.247 e. The molecule has 0 N–H and O–H groups in total. The maximum Gasteiger partial charge on any atom is 0.247 e. The van der Waals surface area contributed by atoms with Gasteiger partial charge in [0.15, 0.2) is 10.1 Å². The quantitative estimate of drug-likeness (QED) is 0.593. The number of aromatic nitrogens is 2. The zero-order valence-electron chi connectivity index (χ0n) is 14.3. The fraction of sp³-hybridized carbons (Fsp3) is 0.263. The van der Waals surface area contributed by atoms with Crippen LogP contribution in [-0.4, -0.2) is 33.3 Å². The number of fused-ring (bicyclic) bond motifs is 1. The average molecular weight is 388 g/mol. The zero-order chi connectivity index (χ0) is 18.1. The van der Waals surface area contributed by atoms with Crippen LogP contribution in [0.2, 0.25) is 5.15 Å². The highest BCUT2D eigenvalue weighted by atomic mass is 35.5. The Hall–Kier alpha value is -2.31. The number of imidazole rings is 1. The molecule has 0 bridgehead atoms. The molecule has 1 aromatic carbocycles. The number of methoxy groups -OCH3 is 1. The molecule has 0 aliphatic heterocycles. The summed E-state index contributed by atoms with van der Waals surface area (Å²) >= 11 is 7.70. The number of rotatable bonds is 6. The Morgan fingerprint density at radius 3 is 2.88 bits per heavy atom. The maximum atomic E-state index is 12.8. The van der Waals surface area contributed by atoms with E-state index in [-0.39, 0.29) is 5.91 Å². The van der Waals surface area contributed by atoms with Gasteiger partial charge in [0, 0.05) is 30.2 Å². The number of ether oxygens (including phenoxy) is 1. The van der Waals surface area contributed by atoms with Gasteiger partial charge in [-0.15, -0.1) is 11.3 Å². The van der Waals surface area contributed by atoms with Gasteiger partial charge in [0.2, 0.25) is 5.91 Å². The molecule has 4 rings (SSSR count). The molecule has 0 radical (unpaired) electrons. The largest absolute Gasteiger partial charge is 0.497 e. The Labute approximate surface area is 160 Å². The second kappa shape index (κ2) is 7.13. The Kier molecular flexibility index (Phi) is 4.70. The summed E-state index contributed by atoms with van der Waals surface area (Å²) in [7, 11) is 1.64. The van der Waals surface area contributed by atoms with Crippen LogP contribution in [-0.2, 0) is 11.3 Å². The molecule has 2 aromatic heterocycles. The summed E-state index contributed by atoms with van der Waals surface area (Å²) in [6, 6.07) is 8.14. The average Bonchev–Trinajstić information content (AvgIpc) is 3.32. The lowest BCUT2D eigenvalue weighted by atomic mass is 10.2. The van der Waals surface area contributed by atoms with Crippen molar-refractivity contribution in [2.75, 3.05) is 7.11 Å². The standard InChI is InChI=1S/C19H18ClN3O2S/c1-25-15-6-2-13(3-7-15)12-23(14-4-5-14)17(24)9-8-16-18(20)21-19-22(16)10-11-26-19/h2-3,6-11,14H,4-5,12H2,1H3/b9-8+. The minimum atomic E-state index is -0.00966. The predicted molar refractivity (Wildman–Crippen MR) is 104 cm³/mol. The van der Waals surface area contributed by atoms with Crippen LogP contribution in [0.25, 0.3) is 11.0 Å². The molecule has 1 amide bonds. The SMILES string of the molecule is COc1ccc(CN(C(=O)/C=C/c2c(Cl)nc3sccn23)C2CC2)cc1. The Bertz CT molecular complexity index is 957. The first-order valence-electron chi connectivity index (χ1n) is 8.38. The van der Waals surface area contributed by atoms with Crippen LogP contribution in [0.4, 0.5) is 0 Å². The lowest BCUT2D eigenvalue weighted by Gasteiger charge is -2.21. The maximum absolute atomic E-state index is 12.8. The van der Waals surface area contributed by atoms with Crippen LogP contribution in [0.3, 0.4) is 0 Å². The van der Waals surface area contributed by atoms with Crippen molar-refractivity contribution in [1.82, 2.24) is 14.3 Å². The summed E-state index contributed by atoms with van der Waals surface area (Å²) < 4.78 is 7.08. The molecule has 3 aromatic rings. The Balaban J connectivity index is 1.52. The lowest BCUT2D eigenvalue weighted by Crippen LogP contribution is -2.31. The molecule has 0 atom stereocenters. The molecule has 2 heterocycles. The van der Waals surface area contributed by atoms with Gasteiger partial charge < -0.3 is 9.64 Å². The van der Waals surface area contributed by atoms with E-state index >= 15 is 0 Å². The summed E-state index contributed by atoms with van der Waals surface area (Å²) in [5, 5.41) is 2.35. The number of nitrogens with zero attached hydrogens (tertiary/aromatic N) is 3. The first kappa shape index (κ1) is 17.1. The van der Waals surface area contributed by atoms with E-state index in [9.17, 15) is 4.79 Å². The van der Waals surface area contributed by atoms with E-state index in [1.165, 1.54) is 11.3 Å². The van der Waals surface area contributed by atoms with Crippen LogP contribution in [0.5, 0.6) is 5.75 Å². The molecular formula is C19H18ClN3O2S. The molecule has 26 heavy (non-hydrogen) atoms. The minimum Gasteiger partial charge on any atom is -0.497 e. The third kappa shape index (κ3) is 3.48. The van der Waals surface area contributed by atoms with Crippen molar-refractivity contribution in [3.63, 3.8) is 0 Å². The zero-order valence-corrected chi connectivity index (χ0v) is 15.8. The first-order chi connectivity index (χ1) is 12.7. The minimum absolute atomic E-state index is 0.00966. The van der Waals surface area contributed by atoms with Gasteiger partial charge in [0.1, 0.15) is 5.75 Å². The van der Waals surface area contributed by atoms with Crippen molar-refractivity contribution in [3.8, 4) is 5.75 Å². The van der Waals surface area contributed by atoms with Gasteiger partial charge in [-0.2, -0.15) is 0 Å². The van der Waals surface area contributed by atoms with Gasteiger partial charge in [0.05, 0.1) is 12.8 Å². The molecule has 1 fully saturated rings.